The average molecular weight is 236 g/mol. The summed E-state index contributed by atoms with van der Waals surface area (Å²) in [7, 11) is 1.90. The number of hydrogen-bond acceptors (Lipinski definition) is 3. The molecule has 1 atom stereocenters. The molecule has 0 aromatic carbocycles. The Morgan fingerprint density at radius 2 is 2.18 bits per heavy atom. The summed E-state index contributed by atoms with van der Waals surface area (Å²) in [6.07, 6.45) is 2.09. The second-order valence-corrected chi connectivity index (χ2v) is 4.38. The highest BCUT2D eigenvalue weighted by atomic mass is 16.4. The highest BCUT2D eigenvalue weighted by molar-refractivity contribution is 5.93. The second kappa shape index (κ2) is 5.66. The highest BCUT2D eigenvalue weighted by Gasteiger charge is 2.18. The van der Waals surface area contributed by atoms with Gasteiger partial charge in [0.1, 0.15) is 11.4 Å². The average Bonchev–Trinajstić information content (AvgIpc) is 2.27. The van der Waals surface area contributed by atoms with E-state index in [1.807, 2.05) is 18.9 Å². The molecule has 1 heterocycles. The number of nitrogens with zero attached hydrogens (tertiary/aromatic N) is 2. The molecule has 0 amide bonds. The van der Waals surface area contributed by atoms with Gasteiger partial charge in [0.15, 0.2) is 0 Å². The number of aryl methyl sites for hydroxylation is 1. The van der Waals surface area contributed by atoms with E-state index in [4.69, 9.17) is 5.11 Å². The zero-order chi connectivity index (χ0) is 13.0. The molecule has 1 aromatic rings. The molecule has 1 unspecified atom stereocenters. The van der Waals surface area contributed by atoms with Gasteiger partial charge in [0.25, 0.3) is 0 Å². The van der Waals surface area contributed by atoms with Crippen molar-refractivity contribution in [2.45, 2.75) is 39.7 Å². The predicted octanol–water partition coefficient (Wildman–Crippen LogP) is 2.71. The molecule has 0 saturated carbocycles. The minimum atomic E-state index is -0.928. The van der Waals surface area contributed by atoms with Gasteiger partial charge in [-0.3, -0.25) is 0 Å². The minimum Gasteiger partial charge on any atom is -0.478 e. The molecule has 0 aliphatic rings. The lowest BCUT2D eigenvalue weighted by Crippen LogP contribution is -2.31. The Hall–Kier alpha value is -1.58. The van der Waals surface area contributed by atoms with Gasteiger partial charge in [0.2, 0.25) is 0 Å². The number of aromatic carboxylic acids is 1. The maximum absolute atomic E-state index is 11.2. The fraction of sp³-hybridized carbons (Fsp3) is 0.538. The lowest BCUT2D eigenvalue weighted by Gasteiger charge is -2.27. The van der Waals surface area contributed by atoms with Crippen molar-refractivity contribution in [3.8, 4) is 0 Å². The van der Waals surface area contributed by atoms with E-state index in [-0.39, 0.29) is 11.6 Å². The van der Waals surface area contributed by atoms with Gasteiger partial charge in [-0.2, -0.15) is 0 Å². The molecule has 0 spiro atoms. The van der Waals surface area contributed by atoms with Crippen LogP contribution < -0.4 is 4.90 Å². The summed E-state index contributed by atoms with van der Waals surface area (Å²) < 4.78 is 0. The molecule has 17 heavy (non-hydrogen) atoms. The maximum Gasteiger partial charge on any atom is 0.339 e. The SMILES string of the molecule is CCCC(C)N(C)c1nc(C)ccc1C(=O)O. The largest absolute Gasteiger partial charge is 0.478 e. The summed E-state index contributed by atoms with van der Waals surface area (Å²) in [6.45, 7) is 6.07. The standard InChI is InChI=1S/C13H20N2O2/c1-5-6-10(3)15(4)12-11(13(16)17)8-7-9(2)14-12/h7-8,10H,5-6H2,1-4H3,(H,16,17). The van der Waals surface area contributed by atoms with Gasteiger partial charge in [0.05, 0.1) is 0 Å². The Bertz CT molecular complexity index is 404. The van der Waals surface area contributed by atoms with E-state index < -0.39 is 5.97 Å². The van der Waals surface area contributed by atoms with Crippen molar-refractivity contribution in [1.29, 1.82) is 0 Å². The molecule has 0 saturated heterocycles. The van der Waals surface area contributed by atoms with E-state index in [0.717, 1.165) is 18.5 Å². The molecule has 1 rings (SSSR count). The topological polar surface area (TPSA) is 53.4 Å². The normalized spacial score (nSPS) is 12.2. The first kappa shape index (κ1) is 13.5. The van der Waals surface area contributed by atoms with E-state index in [2.05, 4.69) is 18.8 Å². The molecule has 0 radical (unpaired) electrons. The van der Waals surface area contributed by atoms with Crippen LogP contribution in [0.25, 0.3) is 0 Å². The fourth-order valence-corrected chi connectivity index (χ4v) is 1.80. The van der Waals surface area contributed by atoms with Crippen LogP contribution in [0, 0.1) is 6.92 Å². The monoisotopic (exact) mass is 236 g/mol. The van der Waals surface area contributed by atoms with Crippen molar-refractivity contribution in [3.63, 3.8) is 0 Å². The van der Waals surface area contributed by atoms with Crippen LogP contribution in [0.1, 0.15) is 42.7 Å². The van der Waals surface area contributed by atoms with Crippen molar-refractivity contribution in [3.05, 3.63) is 23.4 Å². The molecule has 94 valence electrons. The summed E-state index contributed by atoms with van der Waals surface area (Å²) in [5.74, 6) is -0.374. The zero-order valence-corrected chi connectivity index (χ0v) is 10.9. The third-order valence-corrected chi connectivity index (χ3v) is 2.95. The maximum atomic E-state index is 11.2. The molecule has 0 aliphatic carbocycles. The number of carboxylic acid groups (broad SMARTS) is 1. The Morgan fingerprint density at radius 1 is 1.53 bits per heavy atom. The van der Waals surface area contributed by atoms with Crippen LogP contribution in [0.5, 0.6) is 0 Å². The molecule has 0 aliphatic heterocycles. The summed E-state index contributed by atoms with van der Waals surface area (Å²) in [4.78, 5) is 17.4. The van der Waals surface area contributed by atoms with Crippen molar-refractivity contribution in [1.82, 2.24) is 4.98 Å². The first-order chi connectivity index (χ1) is 7.97. The van der Waals surface area contributed by atoms with Crippen LogP contribution in [0.4, 0.5) is 5.82 Å². The summed E-state index contributed by atoms with van der Waals surface area (Å²) >= 11 is 0. The number of aromatic nitrogens is 1. The number of anilines is 1. The minimum absolute atomic E-state index is 0.265. The van der Waals surface area contributed by atoms with Crippen LogP contribution in [0.2, 0.25) is 0 Å². The van der Waals surface area contributed by atoms with Crippen LogP contribution in [-0.2, 0) is 0 Å². The zero-order valence-electron chi connectivity index (χ0n) is 10.9. The quantitative estimate of drug-likeness (QED) is 0.854. The van der Waals surface area contributed by atoms with Crippen LogP contribution >= 0.6 is 0 Å². The number of hydrogen-bond donors (Lipinski definition) is 1. The van der Waals surface area contributed by atoms with Crippen LogP contribution in [0.15, 0.2) is 12.1 Å². The van der Waals surface area contributed by atoms with Crippen molar-refractivity contribution < 1.29 is 9.90 Å². The molecule has 1 aromatic heterocycles. The van der Waals surface area contributed by atoms with Gasteiger partial charge in [-0.25, -0.2) is 9.78 Å². The summed E-state index contributed by atoms with van der Waals surface area (Å²) in [5, 5.41) is 9.15. The van der Waals surface area contributed by atoms with E-state index in [1.54, 1.807) is 12.1 Å². The number of pyridine rings is 1. The molecular formula is C13H20N2O2. The van der Waals surface area contributed by atoms with E-state index in [0.29, 0.717) is 5.82 Å². The van der Waals surface area contributed by atoms with Gasteiger partial charge >= 0.3 is 5.97 Å². The van der Waals surface area contributed by atoms with E-state index in [9.17, 15) is 4.79 Å². The Labute approximate surface area is 102 Å². The van der Waals surface area contributed by atoms with Crippen molar-refractivity contribution >= 4 is 11.8 Å². The molecule has 0 bridgehead atoms. The number of carbonyl (C=O) groups is 1. The number of carboxylic acids is 1. The smallest absolute Gasteiger partial charge is 0.339 e. The summed E-state index contributed by atoms with van der Waals surface area (Å²) in [5.41, 5.74) is 1.10. The molecule has 4 heteroatoms. The third kappa shape index (κ3) is 3.19. The highest BCUT2D eigenvalue weighted by Crippen LogP contribution is 2.20. The van der Waals surface area contributed by atoms with Gasteiger partial charge in [-0.05, 0) is 32.4 Å². The van der Waals surface area contributed by atoms with Crippen LogP contribution in [0.3, 0.4) is 0 Å². The van der Waals surface area contributed by atoms with Gasteiger partial charge in [-0.15, -0.1) is 0 Å². The Morgan fingerprint density at radius 3 is 2.71 bits per heavy atom. The molecule has 1 N–H and O–H groups in total. The van der Waals surface area contributed by atoms with Crippen molar-refractivity contribution in [2.75, 3.05) is 11.9 Å². The van der Waals surface area contributed by atoms with Gasteiger partial charge in [-0.1, -0.05) is 13.3 Å². The Balaban J connectivity index is 3.10. The summed E-state index contributed by atoms with van der Waals surface area (Å²) in [6, 6.07) is 3.63. The molecule has 0 fully saturated rings. The first-order valence-electron chi connectivity index (χ1n) is 5.91. The van der Waals surface area contributed by atoms with Gasteiger partial charge in [0, 0.05) is 18.8 Å². The second-order valence-electron chi connectivity index (χ2n) is 4.38. The lowest BCUT2D eigenvalue weighted by molar-refractivity contribution is 0.0697. The Kier molecular flexibility index (Phi) is 4.49. The lowest BCUT2D eigenvalue weighted by atomic mass is 10.1. The first-order valence-corrected chi connectivity index (χ1v) is 5.91. The predicted molar refractivity (Wildman–Crippen MR) is 68.7 cm³/mol. The van der Waals surface area contributed by atoms with E-state index in [1.165, 1.54) is 0 Å². The van der Waals surface area contributed by atoms with Gasteiger partial charge < -0.3 is 10.0 Å². The van der Waals surface area contributed by atoms with E-state index >= 15 is 0 Å². The van der Waals surface area contributed by atoms with Crippen LogP contribution in [-0.4, -0.2) is 29.1 Å². The number of rotatable bonds is 5. The third-order valence-electron chi connectivity index (χ3n) is 2.95. The molecule has 4 nitrogen and oxygen atoms in total. The fourth-order valence-electron chi connectivity index (χ4n) is 1.80. The molecular weight excluding hydrogens is 216 g/mol. The van der Waals surface area contributed by atoms with Crippen molar-refractivity contribution in [2.24, 2.45) is 0 Å².